The second-order valence-corrected chi connectivity index (χ2v) is 11.7. The number of nitrogens with one attached hydrogen (secondary N) is 1. The monoisotopic (exact) mass is 578 g/mol. The Balaban J connectivity index is 1.45. The summed E-state index contributed by atoms with van der Waals surface area (Å²) < 4.78 is 31.2. The highest BCUT2D eigenvalue weighted by molar-refractivity contribution is 7.87. The molecule has 3 aromatic rings. The van der Waals surface area contributed by atoms with E-state index in [1.165, 1.54) is 8.87 Å². The third-order valence-electron chi connectivity index (χ3n) is 6.95. The van der Waals surface area contributed by atoms with Gasteiger partial charge in [-0.2, -0.15) is 22.7 Å². The van der Waals surface area contributed by atoms with Crippen LogP contribution >= 0.6 is 0 Å². The maximum absolute atomic E-state index is 12.8. The number of benzene rings is 2. The maximum atomic E-state index is 12.8. The van der Waals surface area contributed by atoms with Crippen molar-refractivity contribution in [2.24, 2.45) is 13.0 Å². The van der Waals surface area contributed by atoms with E-state index in [0.717, 1.165) is 15.8 Å². The van der Waals surface area contributed by atoms with E-state index in [-0.39, 0.29) is 19.6 Å². The number of carboxylic acids is 1. The van der Waals surface area contributed by atoms with E-state index >= 15 is 0 Å². The molecule has 214 valence electrons. The zero-order chi connectivity index (χ0) is 29.9. The Bertz CT molecular complexity index is 1800. The largest absolute Gasteiger partial charge is 0.480 e. The van der Waals surface area contributed by atoms with Gasteiger partial charge in [0.2, 0.25) is 0 Å². The summed E-state index contributed by atoms with van der Waals surface area (Å²) in [6.07, 6.45) is 0. The lowest BCUT2D eigenvalue weighted by Gasteiger charge is -2.36. The Hall–Kier alpha value is -4.43. The smallest absolute Gasteiger partial charge is 0.332 e. The standard InChI is InChI=1S/C28H30N6O6S/c1-19(2)25(27(36)37)30-41(39,40)33-16-14-32(15-17-33)22-9-6-20(7-10-22)4-5-21-8-11-24-23(18-21)26(35)34(13-12-29)28(38)31(24)3/h6-11,18-19,25,30H,13-17H2,1-3H3,(H,36,37)/t25-/m1/s1. The highest BCUT2D eigenvalue weighted by atomic mass is 32.2. The molecule has 0 unspecified atom stereocenters. The molecule has 1 aromatic heterocycles. The summed E-state index contributed by atoms with van der Waals surface area (Å²) in [5.41, 5.74) is 1.57. The Morgan fingerprint density at radius 1 is 1.02 bits per heavy atom. The predicted molar refractivity (Wildman–Crippen MR) is 154 cm³/mol. The second-order valence-electron chi connectivity index (χ2n) is 9.99. The Labute approximate surface area is 237 Å². The number of carbonyl (C=O) groups is 1. The Morgan fingerprint density at radius 2 is 1.63 bits per heavy atom. The van der Waals surface area contributed by atoms with E-state index in [9.17, 15) is 27.9 Å². The molecule has 1 aliphatic rings. The molecule has 0 saturated carbocycles. The highest BCUT2D eigenvalue weighted by Gasteiger charge is 2.33. The van der Waals surface area contributed by atoms with Crippen molar-refractivity contribution in [2.45, 2.75) is 26.4 Å². The molecule has 0 bridgehead atoms. The molecule has 12 nitrogen and oxygen atoms in total. The van der Waals surface area contributed by atoms with E-state index in [1.54, 1.807) is 39.1 Å². The first-order valence-corrected chi connectivity index (χ1v) is 14.3. The van der Waals surface area contributed by atoms with Crippen LogP contribution in [0.15, 0.2) is 52.1 Å². The van der Waals surface area contributed by atoms with Gasteiger partial charge >= 0.3 is 11.7 Å². The van der Waals surface area contributed by atoms with Gasteiger partial charge in [0.15, 0.2) is 0 Å². The number of hydrogen-bond donors (Lipinski definition) is 2. The molecule has 0 spiro atoms. The quantitative estimate of drug-likeness (QED) is 0.388. The molecule has 4 rings (SSSR count). The van der Waals surface area contributed by atoms with Crippen LogP contribution in [0.5, 0.6) is 0 Å². The van der Waals surface area contributed by atoms with Crippen LogP contribution in [0.25, 0.3) is 10.9 Å². The van der Waals surface area contributed by atoms with Crippen LogP contribution in [0.4, 0.5) is 5.69 Å². The van der Waals surface area contributed by atoms with Gasteiger partial charge in [-0.3, -0.25) is 14.2 Å². The highest BCUT2D eigenvalue weighted by Crippen LogP contribution is 2.19. The van der Waals surface area contributed by atoms with Crippen LogP contribution in [0.1, 0.15) is 25.0 Å². The van der Waals surface area contributed by atoms with Crippen LogP contribution in [0.2, 0.25) is 0 Å². The minimum atomic E-state index is -3.94. The number of aliphatic carboxylic acids is 1. The van der Waals surface area contributed by atoms with Crippen LogP contribution in [-0.2, 0) is 28.6 Å². The summed E-state index contributed by atoms with van der Waals surface area (Å²) in [7, 11) is -2.40. The van der Waals surface area contributed by atoms with Crippen molar-refractivity contribution in [3.63, 3.8) is 0 Å². The Kier molecular flexibility index (Phi) is 8.63. The molecular formula is C28H30N6O6S. The molecule has 0 amide bonds. The van der Waals surface area contributed by atoms with Crippen molar-refractivity contribution in [3.8, 4) is 17.9 Å². The van der Waals surface area contributed by atoms with Crippen molar-refractivity contribution in [1.82, 2.24) is 18.2 Å². The molecule has 41 heavy (non-hydrogen) atoms. The van der Waals surface area contributed by atoms with Gasteiger partial charge in [-0.05, 0) is 48.4 Å². The zero-order valence-corrected chi connectivity index (χ0v) is 23.7. The fourth-order valence-electron chi connectivity index (χ4n) is 4.60. The minimum Gasteiger partial charge on any atom is -0.480 e. The first kappa shape index (κ1) is 29.6. The molecule has 13 heteroatoms. The van der Waals surface area contributed by atoms with Crippen LogP contribution in [-0.4, -0.2) is 65.2 Å². The fourth-order valence-corrected chi connectivity index (χ4v) is 6.08. The van der Waals surface area contributed by atoms with Gasteiger partial charge in [-0.15, -0.1) is 0 Å². The van der Waals surface area contributed by atoms with Gasteiger partial charge in [0.25, 0.3) is 15.8 Å². The normalized spacial score (nSPS) is 14.9. The average molecular weight is 579 g/mol. The number of nitrogens with zero attached hydrogens (tertiary/aromatic N) is 5. The van der Waals surface area contributed by atoms with E-state index in [2.05, 4.69) is 16.6 Å². The maximum Gasteiger partial charge on any atom is 0.332 e. The number of hydrogen-bond acceptors (Lipinski definition) is 7. The first-order chi connectivity index (χ1) is 19.4. The van der Waals surface area contributed by atoms with Crippen LogP contribution < -0.4 is 20.9 Å². The number of aryl methyl sites for hydroxylation is 1. The van der Waals surface area contributed by atoms with Gasteiger partial charge < -0.3 is 10.0 Å². The van der Waals surface area contributed by atoms with E-state index in [4.69, 9.17) is 5.26 Å². The van der Waals surface area contributed by atoms with Crippen molar-refractivity contribution >= 4 is 32.8 Å². The summed E-state index contributed by atoms with van der Waals surface area (Å²) in [4.78, 5) is 38.6. The number of nitriles is 1. The molecular weight excluding hydrogens is 548 g/mol. The molecule has 1 saturated heterocycles. The third kappa shape index (κ3) is 6.33. The predicted octanol–water partition coefficient (Wildman–Crippen LogP) is 0.689. The second kappa shape index (κ2) is 12.0. The number of rotatable bonds is 7. The van der Waals surface area contributed by atoms with Gasteiger partial charge in [-0.1, -0.05) is 25.7 Å². The lowest BCUT2D eigenvalue weighted by molar-refractivity contribution is -0.140. The SMILES string of the molecule is CC(C)[C@@H](NS(=O)(=O)N1CCN(c2ccc(C#Cc3ccc4c(c3)c(=O)n(CC#N)c(=O)n4C)cc2)CC1)C(=O)O. The summed E-state index contributed by atoms with van der Waals surface area (Å²) in [5, 5.41) is 18.6. The molecule has 2 N–H and O–H groups in total. The van der Waals surface area contributed by atoms with Crippen molar-refractivity contribution in [2.75, 3.05) is 31.1 Å². The number of aromatic nitrogens is 2. The van der Waals surface area contributed by atoms with Crippen molar-refractivity contribution in [1.29, 1.82) is 5.26 Å². The van der Waals surface area contributed by atoms with Gasteiger partial charge in [0.05, 0.1) is 17.0 Å². The van der Waals surface area contributed by atoms with Gasteiger partial charge in [-0.25, -0.2) is 9.36 Å². The van der Waals surface area contributed by atoms with E-state index < -0.39 is 39.4 Å². The zero-order valence-electron chi connectivity index (χ0n) is 22.9. The molecule has 1 fully saturated rings. The summed E-state index contributed by atoms with van der Waals surface area (Å²) in [6.45, 7) is 4.26. The van der Waals surface area contributed by atoms with Gasteiger partial charge in [0, 0.05) is 50.0 Å². The van der Waals surface area contributed by atoms with Crippen molar-refractivity contribution < 1.29 is 18.3 Å². The number of carboxylic acid groups (broad SMARTS) is 1. The summed E-state index contributed by atoms with van der Waals surface area (Å²) in [6, 6.07) is 13.1. The average Bonchev–Trinajstić information content (AvgIpc) is 2.96. The number of anilines is 1. The molecule has 2 aromatic carbocycles. The summed E-state index contributed by atoms with van der Waals surface area (Å²) in [5.74, 6) is 4.49. The number of piperazine rings is 1. The molecule has 0 aliphatic carbocycles. The molecule has 1 atom stereocenters. The molecule has 1 aliphatic heterocycles. The molecule has 0 radical (unpaired) electrons. The molecule has 2 heterocycles. The number of fused-ring (bicyclic) bond motifs is 1. The van der Waals surface area contributed by atoms with E-state index in [1.807, 2.05) is 35.2 Å². The Morgan fingerprint density at radius 3 is 2.22 bits per heavy atom. The lowest BCUT2D eigenvalue weighted by Crippen LogP contribution is -2.55. The minimum absolute atomic E-state index is 0.213. The van der Waals surface area contributed by atoms with Gasteiger partial charge in [0.1, 0.15) is 12.6 Å². The third-order valence-corrected chi connectivity index (χ3v) is 8.55. The topological polar surface area (TPSA) is 158 Å². The van der Waals surface area contributed by atoms with Crippen LogP contribution in [0.3, 0.4) is 0 Å². The fraction of sp³-hybridized carbons (Fsp3) is 0.357. The van der Waals surface area contributed by atoms with Crippen molar-refractivity contribution in [3.05, 3.63) is 74.4 Å². The van der Waals surface area contributed by atoms with E-state index in [0.29, 0.717) is 29.6 Å². The summed E-state index contributed by atoms with van der Waals surface area (Å²) >= 11 is 0. The van der Waals surface area contributed by atoms with Crippen LogP contribution in [0, 0.1) is 29.1 Å². The lowest BCUT2D eigenvalue weighted by atomic mass is 10.1. The first-order valence-electron chi connectivity index (χ1n) is 12.9.